The molecule has 0 aliphatic rings. The second kappa shape index (κ2) is 7.89. The van der Waals surface area contributed by atoms with E-state index in [2.05, 4.69) is 20.6 Å². The average Bonchev–Trinajstić information content (AvgIpc) is 2.91. The first-order valence-corrected chi connectivity index (χ1v) is 8.08. The molecule has 0 bridgehead atoms. The number of hydrogen-bond donors (Lipinski definition) is 2. The van der Waals surface area contributed by atoms with E-state index < -0.39 is 0 Å². The van der Waals surface area contributed by atoms with Crippen LogP contribution < -0.4 is 10.6 Å². The van der Waals surface area contributed by atoms with E-state index in [1.54, 1.807) is 24.3 Å². The van der Waals surface area contributed by atoms with E-state index in [9.17, 15) is 4.39 Å². The quantitative estimate of drug-likeness (QED) is 0.657. The first-order valence-electron chi connectivity index (χ1n) is 7.27. The summed E-state index contributed by atoms with van der Waals surface area (Å²) in [4.78, 5) is 9.98. The number of nitrogens with zero attached hydrogens (tertiary/aromatic N) is 2. The molecule has 22 heavy (non-hydrogen) atoms. The number of hydrogen-bond acceptors (Lipinski definition) is 3. The van der Waals surface area contributed by atoms with E-state index >= 15 is 0 Å². The summed E-state index contributed by atoms with van der Waals surface area (Å²) in [6.45, 7) is 7.63. The molecule has 4 nitrogen and oxygen atoms in total. The molecule has 2 rings (SSSR count). The van der Waals surface area contributed by atoms with E-state index in [1.165, 1.54) is 10.9 Å². The van der Waals surface area contributed by atoms with Gasteiger partial charge in [0.2, 0.25) is 0 Å². The highest BCUT2D eigenvalue weighted by atomic mass is 32.1. The van der Waals surface area contributed by atoms with E-state index in [0.717, 1.165) is 17.1 Å². The van der Waals surface area contributed by atoms with Gasteiger partial charge < -0.3 is 10.6 Å². The Morgan fingerprint density at radius 1 is 1.32 bits per heavy atom. The van der Waals surface area contributed by atoms with Crippen LogP contribution in [0.1, 0.15) is 27.9 Å². The zero-order valence-corrected chi connectivity index (χ0v) is 13.9. The van der Waals surface area contributed by atoms with Crippen LogP contribution in [0.15, 0.2) is 29.4 Å². The number of benzene rings is 1. The van der Waals surface area contributed by atoms with Crippen LogP contribution in [0.25, 0.3) is 0 Å². The van der Waals surface area contributed by atoms with E-state index in [-0.39, 0.29) is 5.82 Å². The van der Waals surface area contributed by atoms with Crippen LogP contribution >= 0.6 is 11.3 Å². The summed E-state index contributed by atoms with van der Waals surface area (Å²) >= 11 is 1.66. The maximum absolute atomic E-state index is 13.5. The van der Waals surface area contributed by atoms with Gasteiger partial charge in [-0.3, -0.25) is 0 Å². The lowest BCUT2D eigenvalue weighted by molar-refractivity contribution is 0.616. The molecule has 2 aromatic rings. The Bertz CT molecular complexity index is 651. The van der Waals surface area contributed by atoms with Gasteiger partial charge in [0.25, 0.3) is 0 Å². The van der Waals surface area contributed by atoms with Crippen molar-refractivity contribution in [1.29, 1.82) is 0 Å². The zero-order valence-electron chi connectivity index (χ0n) is 13.1. The summed E-state index contributed by atoms with van der Waals surface area (Å²) < 4.78 is 13.5. The summed E-state index contributed by atoms with van der Waals surface area (Å²) in [5, 5.41) is 7.44. The third-order valence-corrected chi connectivity index (χ3v) is 3.99. The summed E-state index contributed by atoms with van der Waals surface area (Å²) in [6.07, 6.45) is 1.86. The molecule has 0 aliphatic heterocycles. The Balaban J connectivity index is 1.98. The highest BCUT2D eigenvalue weighted by molar-refractivity contribution is 7.11. The molecule has 0 spiro atoms. The van der Waals surface area contributed by atoms with Gasteiger partial charge in [-0.05, 0) is 38.0 Å². The van der Waals surface area contributed by atoms with Crippen LogP contribution in [0, 0.1) is 19.7 Å². The number of guanidine groups is 1. The topological polar surface area (TPSA) is 49.3 Å². The van der Waals surface area contributed by atoms with Crippen molar-refractivity contribution in [2.24, 2.45) is 4.99 Å². The number of aryl methyl sites for hydroxylation is 2. The lowest BCUT2D eigenvalue weighted by atomic mass is 10.1. The van der Waals surface area contributed by atoms with Crippen molar-refractivity contribution in [2.75, 3.05) is 6.54 Å². The van der Waals surface area contributed by atoms with Crippen LogP contribution in [-0.2, 0) is 13.1 Å². The number of thiazole rings is 1. The largest absolute Gasteiger partial charge is 0.357 e. The zero-order chi connectivity index (χ0) is 15.9. The standard InChI is InChI=1S/C16H21FN4S/c1-4-18-16(21-10-15-19-8-12(3)22-15)20-9-13-6-5-11(2)14(17)7-13/h5-8H,4,9-10H2,1-3H3,(H2,18,20,21). The molecular formula is C16H21FN4S. The van der Waals surface area contributed by atoms with Gasteiger partial charge in [0.1, 0.15) is 10.8 Å². The average molecular weight is 320 g/mol. The maximum Gasteiger partial charge on any atom is 0.191 e. The van der Waals surface area contributed by atoms with Crippen LogP contribution in [0.4, 0.5) is 4.39 Å². The summed E-state index contributed by atoms with van der Waals surface area (Å²) in [6, 6.07) is 5.21. The van der Waals surface area contributed by atoms with Crippen molar-refractivity contribution < 1.29 is 4.39 Å². The Hall–Kier alpha value is -1.95. The van der Waals surface area contributed by atoms with Crippen molar-refractivity contribution in [2.45, 2.75) is 33.9 Å². The molecule has 0 saturated carbocycles. The van der Waals surface area contributed by atoms with E-state index in [0.29, 0.717) is 24.6 Å². The first kappa shape index (κ1) is 16.4. The van der Waals surface area contributed by atoms with Crippen LogP contribution in [0.5, 0.6) is 0 Å². The number of nitrogens with one attached hydrogen (secondary N) is 2. The molecule has 1 heterocycles. The van der Waals surface area contributed by atoms with Gasteiger partial charge in [0, 0.05) is 17.6 Å². The van der Waals surface area contributed by atoms with Gasteiger partial charge in [-0.1, -0.05) is 12.1 Å². The van der Waals surface area contributed by atoms with Crippen molar-refractivity contribution in [3.05, 3.63) is 51.2 Å². The van der Waals surface area contributed by atoms with Crippen molar-refractivity contribution in [3.63, 3.8) is 0 Å². The molecule has 6 heteroatoms. The monoisotopic (exact) mass is 320 g/mol. The molecule has 0 radical (unpaired) electrons. The fourth-order valence-electron chi connectivity index (χ4n) is 1.89. The molecule has 0 saturated heterocycles. The predicted octanol–water partition coefficient (Wildman–Crippen LogP) is 3.15. The Kier molecular flexibility index (Phi) is 5.89. The van der Waals surface area contributed by atoms with Gasteiger partial charge in [0.15, 0.2) is 5.96 Å². The second-order valence-corrected chi connectivity index (χ2v) is 6.32. The molecule has 0 unspecified atom stereocenters. The van der Waals surface area contributed by atoms with Crippen molar-refractivity contribution in [3.8, 4) is 0 Å². The lowest BCUT2D eigenvalue weighted by Crippen LogP contribution is -2.36. The maximum atomic E-state index is 13.5. The Labute approximate surface area is 134 Å². The second-order valence-electron chi connectivity index (χ2n) is 5.00. The van der Waals surface area contributed by atoms with Gasteiger partial charge >= 0.3 is 0 Å². The third-order valence-electron chi connectivity index (χ3n) is 3.08. The highest BCUT2D eigenvalue weighted by Crippen LogP contribution is 2.11. The van der Waals surface area contributed by atoms with Crippen LogP contribution in [0.2, 0.25) is 0 Å². The molecular weight excluding hydrogens is 299 g/mol. The summed E-state index contributed by atoms with van der Waals surface area (Å²) in [7, 11) is 0. The molecule has 0 amide bonds. The molecule has 0 aliphatic carbocycles. The number of aliphatic imine (C=N–C) groups is 1. The predicted molar refractivity (Wildman–Crippen MR) is 89.6 cm³/mol. The Morgan fingerprint density at radius 3 is 2.77 bits per heavy atom. The van der Waals surface area contributed by atoms with Crippen molar-refractivity contribution in [1.82, 2.24) is 15.6 Å². The molecule has 0 atom stereocenters. The SMILES string of the molecule is CCNC(=NCc1ccc(C)c(F)c1)NCc1ncc(C)s1. The number of aromatic nitrogens is 1. The minimum Gasteiger partial charge on any atom is -0.357 e. The van der Waals surface area contributed by atoms with Crippen LogP contribution in [0.3, 0.4) is 0 Å². The third kappa shape index (κ3) is 4.80. The fraction of sp³-hybridized carbons (Fsp3) is 0.375. The minimum absolute atomic E-state index is 0.191. The van der Waals surface area contributed by atoms with Gasteiger partial charge in [0.05, 0.1) is 13.1 Å². The normalized spacial score (nSPS) is 11.5. The summed E-state index contributed by atoms with van der Waals surface area (Å²) in [5.41, 5.74) is 1.50. The highest BCUT2D eigenvalue weighted by Gasteiger charge is 2.03. The molecule has 1 aromatic carbocycles. The van der Waals surface area contributed by atoms with E-state index in [1.807, 2.05) is 26.1 Å². The molecule has 0 fully saturated rings. The van der Waals surface area contributed by atoms with Gasteiger partial charge in [-0.15, -0.1) is 11.3 Å². The molecule has 118 valence electrons. The Morgan fingerprint density at radius 2 is 2.14 bits per heavy atom. The number of rotatable bonds is 5. The lowest BCUT2D eigenvalue weighted by Gasteiger charge is -2.10. The first-order chi connectivity index (χ1) is 10.6. The minimum atomic E-state index is -0.191. The summed E-state index contributed by atoms with van der Waals surface area (Å²) in [5.74, 6) is 0.514. The van der Waals surface area contributed by atoms with Crippen LogP contribution in [-0.4, -0.2) is 17.5 Å². The van der Waals surface area contributed by atoms with E-state index in [4.69, 9.17) is 0 Å². The molecule has 2 N–H and O–H groups in total. The smallest absolute Gasteiger partial charge is 0.191 e. The fourth-order valence-corrected chi connectivity index (χ4v) is 2.62. The van der Waals surface area contributed by atoms with Crippen molar-refractivity contribution >= 4 is 17.3 Å². The molecule has 1 aromatic heterocycles. The van der Waals surface area contributed by atoms with Gasteiger partial charge in [-0.2, -0.15) is 0 Å². The van der Waals surface area contributed by atoms with Gasteiger partial charge in [-0.25, -0.2) is 14.4 Å². The number of halogens is 1.